The highest BCUT2D eigenvalue weighted by Crippen LogP contribution is 2.27. The molecule has 20 heavy (non-hydrogen) atoms. The van der Waals surface area contributed by atoms with Gasteiger partial charge in [0.25, 0.3) is 10.1 Å². The quantitative estimate of drug-likeness (QED) is 0.706. The largest absolute Gasteiger partial charge is 0.336 e. The molecule has 1 aliphatic carbocycles. The number of hydrogen-bond acceptors (Lipinski definition) is 5. The Hall–Kier alpha value is -1.01. The van der Waals surface area contributed by atoms with Crippen molar-refractivity contribution in [3.05, 3.63) is 23.4 Å². The molecule has 0 aromatic carbocycles. The van der Waals surface area contributed by atoms with Gasteiger partial charge in [0.2, 0.25) is 6.35 Å². The van der Waals surface area contributed by atoms with Crippen molar-refractivity contribution in [3.63, 3.8) is 0 Å². The molecule has 2 rings (SSSR count). The van der Waals surface area contributed by atoms with E-state index >= 15 is 0 Å². The second-order valence-corrected chi connectivity index (χ2v) is 6.97. The molecule has 1 unspecified atom stereocenters. The van der Waals surface area contributed by atoms with E-state index in [0.29, 0.717) is 11.3 Å². The maximum atomic E-state index is 12.3. The van der Waals surface area contributed by atoms with E-state index in [1.165, 1.54) is 0 Å². The molecule has 0 N–H and O–H groups in total. The minimum atomic E-state index is -3.62. The van der Waals surface area contributed by atoms with Crippen molar-refractivity contribution in [1.29, 1.82) is 0 Å². The Bertz CT molecular complexity index is 485. The van der Waals surface area contributed by atoms with Crippen LogP contribution in [-0.2, 0) is 14.3 Å². The standard InChI is InChI=1S/C14H24N2O3S/c1-3-4-10-16-12-11-15(2)14(16)19-20(17,18)13-8-6-5-7-9-13/h8,11-12,14H,3-7,9-10H2,1-2H3. The predicted molar refractivity (Wildman–Crippen MR) is 78.9 cm³/mol. The van der Waals surface area contributed by atoms with Gasteiger partial charge in [-0.3, -0.25) is 0 Å². The molecule has 6 heteroatoms. The second-order valence-electron chi connectivity index (χ2n) is 5.35. The van der Waals surface area contributed by atoms with Crippen LogP contribution in [0, 0.1) is 0 Å². The smallest absolute Gasteiger partial charge is 0.296 e. The first-order chi connectivity index (χ1) is 9.54. The van der Waals surface area contributed by atoms with Gasteiger partial charge in [0, 0.05) is 26.0 Å². The van der Waals surface area contributed by atoms with Crippen molar-refractivity contribution in [2.24, 2.45) is 0 Å². The summed E-state index contributed by atoms with van der Waals surface area (Å²) in [5.41, 5.74) is 0. The van der Waals surface area contributed by atoms with Crippen LogP contribution in [0.1, 0.15) is 45.4 Å². The lowest BCUT2D eigenvalue weighted by molar-refractivity contribution is -0.00805. The average molecular weight is 300 g/mol. The van der Waals surface area contributed by atoms with Crippen LogP contribution in [0.3, 0.4) is 0 Å². The van der Waals surface area contributed by atoms with Gasteiger partial charge in [-0.05, 0) is 32.1 Å². The van der Waals surface area contributed by atoms with Gasteiger partial charge in [0.15, 0.2) is 0 Å². The lowest BCUT2D eigenvalue weighted by Crippen LogP contribution is -2.41. The Morgan fingerprint density at radius 1 is 1.35 bits per heavy atom. The van der Waals surface area contributed by atoms with Crippen LogP contribution in [0.4, 0.5) is 0 Å². The summed E-state index contributed by atoms with van der Waals surface area (Å²) in [6.07, 6.45) is 10.5. The molecule has 0 fully saturated rings. The van der Waals surface area contributed by atoms with Gasteiger partial charge in [-0.1, -0.05) is 19.4 Å². The number of allylic oxidation sites excluding steroid dienone is 2. The van der Waals surface area contributed by atoms with Crippen molar-refractivity contribution in [3.8, 4) is 0 Å². The third-order valence-electron chi connectivity index (χ3n) is 3.68. The molecule has 1 aliphatic heterocycles. The van der Waals surface area contributed by atoms with Crippen molar-refractivity contribution in [2.45, 2.75) is 51.8 Å². The fourth-order valence-electron chi connectivity index (χ4n) is 2.43. The highest BCUT2D eigenvalue weighted by Gasteiger charge is 2.31. The molecule has 0 spiro atoms. The molecule has 2 aliphatic rings. The lowest BCUT2D eigenvalue weighted by Gasteiger charge is -2.30. The summed E-state index contributed by atoms with van der Waals surface area (Å²) in [5.74, 6) is 0. The molecule has 114 valence electrons. The zero-order valence-corrected chi connectivity index (χ0v) is 13.1. The number of unbranched alkanes of at least 4 members (excludes halogenated alkanes) is 1. The minimum absolute atomic E-state index is 0.444. The molecular formula is C14H24N2O3S. The van der Waals surface area contributed by atoms with Gasteiger partial charge < -0.3 is 9.80 Å². The highest BCUT2D eigenvalue weighted by molar-refractivity contribution is 7.90. The van der Waals surface area contributed by atoms with Gasteiger partial charge in [-0.2, -0.15) is 8.42 Å². The van der Waals surface area contributed by atoms with Crippen molar-refractivity contribution < 1.29 is 12.6 Å². The summed E-state index contributed by atoms with van der Waals surface area (Å²) >= 11 is 0. The van der Waals surface area contributed by atoms with Gasteiger partial charge >= 0.3 is 0 Å². The first-order valence-corrected chi connectivity index (χ1v) is 8.74. The van der Waals surface area contributed by atoms with Gasteiger partial charge in [-0.15, -0.1) is 0 Å². The van der Waals surface area contributed by atoms with Crippen molar-refractivity contribution in [2.75, 3.05) is 13.6 Å². The second kappa shape index (κ2) is 6.63. The van der Waals surface area contributed by atoms with Crippen molar-refractivity contribution in [1.82, 2.24) is 9.80 Å². The van der Waals surface area contributed by atoms with E-state index in [-0.39, 0.29) is 0 Å². The normalized spacial score (nSPS) is 23.3. The molecular weight excluding hydrogens is 276 g/mol. The molecule has 5 nitrogen and oxygen atoms in total. The topological polar surface area (TPSA) is 49.9 Å². The zero-order chi connectivity index (χ0) is 14.6. The summed E-state index contributed by atoms with van der Waals surface area (Å²) in [6.45, 7) is 2.92. The Labute approximate surface area is 122 Å². The van der Waals surface area contributed by atoms with Crippen LogP contribution in [0.5, 0.6) is 0 Å². The monoisotopic (exact) mass is 300 g/mol. The average Bonchev–Trinajstić information content (AvgIpc) is 2.78. The van der Waals surface area contributed by atoms with Gasteiger partial charge in [0.05, 0.1) is 4.91 Å². The molecule has 0 aromatic rings. The molecule has 0 amide bonds. The van der Waals surface area contributed by atoms with Gasteiger partial charge in [-0.25, -0.2) is 4.18 Å². The molecule has 1 heterocycles. The Balaban J connectivity index is 2.05. The first kappa shape index (κ1) is 15.4. The van der Waals surface area contributed by atoms with E-state index < -0.39 is 16.5 Å². The van der Waals surface area contributed by atoms with E-state index in [4.69, 9.17) is 4.18 Å². The Morgan fingerprint density at radius 2 is 2.15 bits per heavy atom. The Kier molecular flexibility index (Phi) is 5.10. The number of nitrogens with zero attached hydrogens (tertiary/aromatic N) is 2. The minimum Gasteiger partial charge on any atom is -0.336 e. The summed E-state index contributed by atoms with van der Waals surface area (Å²) < 4.78 is 30.1. The molecule has 0 radical (unpaired) electrons. The van der Waals surface area contributed by atoms with Crippen LogP contribution >= 0.6 is 0 Å². The number of rotatable bonds is 6. The lowest BCUT2D eigenvalue weighted by atomic mass is 10.1. The van der Waals surface area contributed by atoms with Crippen molar-refractivity contribution >= 4 is 10.1 Å². The molecule has 0 aromatic heterocycles. The maximum absolute atomic E-state index is 12.3. The Morgan fingerprint density at radius 3 is 2.80 bits per heavy atom. The van der Waals surface area contributed by atoms with E-state index in [9.17, 15) is 8.42 Å². The highest BCUT2D eigenvalue weighted by atomic mass is 32.2. The van der Waals surface area contributed by atoms with Crippen LogP contribution in [0.25, 0.3) is 0 Å². The van der Waals surface area contributed by atoms with Crippen LogP contribution in [0.15, 0.2) is 23.4 Å². The van der Waals surface area contributed by atoms with E-state index in [0.717, 1.165) is 38.6 Å². The summed E-state index contributed by atoms with van der Waals surface area (Å²) in [7, 11) is -1.79. The summed E-state index contributed by atoms with van der Waals surface area (Å²) in [5, 5.41) is 0. The van der Waals surface area contributed by atoms with Crippen LogP contribution in [-0.4, -0.2) is 38.2 Å². The SMILES string of the molecule is CCCCN1C=CN(C)C1OS(=O)(=O)C1=CCCCC1. The number of hydrogen-bond donors (Lipinski definition) is 0. The fourth-order valence-corrected chi connectivity index (χ4v) is 3.74. The summed E-state index contributed by atoms with van der Waals surface area (Å²) in [6, 6.07) is 0. The zero-order valence-electron chi connectivity index (χ0n) is 12.3. The first-order valence-electron chi connectivity index (χ1n) is 7.33. The molecule has 0 saturated heterocycles. The molecule has 0 bridgehead atoms. The third kappa shape index (κ3) is 3.55. The van der Waals surface area contributed by atoms with E-state index in [2.05, 4.69) is 6.92 Å². The van der Waals surface area contributed by atoms with Crippen LogP contribution < -0.4 is 0 Å². The maximum Gasteiger partial charge on any atom is 0.296 e. The van der Waals surface area contributed by atoms with E-state index in [1.54, 1.807) is 11.0 Å². The molecule has 0 saturated carbocycles. The van der Waals surface area contributed by atoms with E-state index in [1.807, 2.05) is 24.3 Å². The fraction of sp³-hybridized carbons (Fsp3) is 0.714. The summed E-state index contributed by atoms with van der Waals surface area (Å²) in [4.78, 5) is 4.17. The molecule has 1 atom stereocenters. The van der Waals surface area contributed by atoms with Crippen LogP contribution in [0.2, 0.25) is 0 Å². The predicted octanol–water partition coefficient (Wildman–Crippen LogP) is 2.59. The van der Waals surface area contributed by atoms with Gasteiger partial charge in [0.1, 0.15) is 0 Å². The third-order valence-corrected chi connectivity index (χ3v) is 5.12.